The zero-order chi connectivity index (χ0) is 11.5. The van der Waals surface area contributed by atoms with Crippen LogP contribution in [0.4, 0.5) is 5.82 Å². The molecule has 0 saturated heterocycles. The molecule has 3 nitrogen and oxygen atoms in total. The van der Waals surface area contributed by atoms with Crippen molar-refractivity contribution in [3.05, 3.63) is 23.2 Å². The minimum atomic E-state index is 0.516. The Balaban J connectivity index is 2.48. The molecular formula is C12H17N3S. The smallest absolute Gasteiger partial charge is 0.154 e. The fourth-order valence-corrected chi connectivity index (χ4v) is 2.84. The van der Waals surface area contributed by atoms with Crippen molar-refractivity contribution in [3.63, 3.8) is 0 Å². The van der Waals surface area contributed by atoms with Crippen molar-refractivity contribution in [2.45, 2.75) is 32.6 Å². The van der Waals surface area contributed by atoms with E-state index in [0.717, 1.165) is 18.4 Å². The number of anilines is 1. The van der Waals surface area contributed by atoms with Gasteiger partial charge >= 0.3 is 0 Å². The summed E-state index contributed by atoms with van der Waals surface area (Å²) in [4.78, 5) is 1.20. The summed E-state index contributed by atoms with van der Waals surface area (Å²) in [5.41, 5.74) is 8.23. The van der Waals surface area contributed by atoms with E-state index in [1.54, 1.807) is 11.3 Å². The predicted octanol–water partition coefficient (Wildman–Crippen LogP) is 3.62. The molecule has 0 aliphatic heterocycles. The molecule has 86 valence electrons. The van der Waals surface area contributed by atoms with Crippen LogP contribution < -0.4 is 5.73 Å². The average Bonchev–Trinajstić information content (AvgIpc) is 2.90. The van der Waals surface area contributed by atoms with E-state index in [4.69, 9.17) is 5.73 Å². The van der Waals surface area contributed by atoms with E-state index in [1.807, 2.05) is 6.07 Å². The van der Waals surface area contributed by atoms with Crippen LogP contribution in [0.2, 0.25) is 0 Å². The minimum absolute atomic E-state index is 0.516. The lowest BCUT2D eigenvalue weighted by Crippen LogP contribution is -1.98. The molecule has 0 radical (unpaired) electrons. The van der Waals surface area contributed by atoms with E-state index < -0.39 is 0 Å². The third kappa shape index (κ3) is 1.85. The van der Waals surface area contributed by atoms with Crippen molar-refractivity contribution < 1.29 is 0 Å². The number of nitrogens with one attached hydrogen (secondary N) is 1. The highest BCUT2D eigenvalue weighted by atomic mass is 32.1. The molecule has 0 aliphatic carbocycles. The molecule has 0 aromatic carbocycles. The molecule has 0 atom stereocenters. The van der Waals surface area contributed by atoms with Gasteiger partial charge in [-0.1, -0.05) is 19.9 Å². The van der Waals surface area contributed by atoms with Crippen LogP contribution in [0.15, 0.2) is 17.5 Å². The SMILES string of the molecule is CCC(CC)c1[nH]nc(N)c1-c1cccs1. The van der Waals surface area contributed by atoms with Crippen LogP contribution in [-0.4, -0.2) is 10.2 Å². The summed E-state index contributed by atoms with van der Waals surface area (Å²) in [6.07, 6.45) is 2.22. The van der Waals surface area contributed by atoms with E-state index in [2.05, 4.69) is 35.5 Å². The maximum Gasteiger partial charge on any atom is 0.154 e. The van der Waals surface area contributed by atoms with Crippen molar-refractivity contribution in [3.8, 4) is 10.4 Å². The summed E-state index contributed by atoms with van der Waals surface area (Å²) in [7, 11) is 0. The molecule has 0 spiro atoms. The summed E-state index contributed by atoms with van der Waals surface area (Å²) >= 11 is 1.71. The first kappa shape index (κ1) is 11.2. The molecular weight excluding hydrogens is 218 g/mol. The van der Waals surface area contributed by atoms with Crippen LogP contribution in [0.3, 0.4) is 0 Å². The number of aromatic nitrogens is 2. The van der Waals surface area contributed by atoms with Crippen LogP contribution in [0.25, 0.3) is 10.4 Å². The van der Waals surface area contributed by atoms with E-state index in [0.29, 0.717) is 11.7 Å². The van der Waals surface area contributed by atoms with Gasteiger partial charge in [0.15, 0.2) is 5.82 Å². The maximum absolute atomic E-state index is 5.94. The molecule has 0 aliphatic rings. The summed E-state index contributed by atoms with van der Waals surface area (Å²) < 4.78 is 0. The first-order valence-electron chi connectivity index (χ1n) is 5.65. The van der Waals surface area contributed by atoms with Gasteiger partial charge in [-0.3, -0.25) is 5.10 Å². The van der Waals surface area contributed by atoms with Gasteiger partial charge in [0, 0.05) is 16.5 Å². The van der Waals surface area contributed by atoms with Gasteiger partial charge in [0.2, 0.25) is 0 Å². The largest absolute Gasteiger partial charge is 0.382 e. The molecule has 0 bridgehead atoms. The molecule has 2 aromatic heterocycles. The standard InChI is InChI=1S/C12H17N3S/c1-3-8(4-2)11-10(12(13)15-14-11)9-6-5-7-16-9/h5-8H,3-4H2,1-2H3,(H3,13,14,15). The van der Waals surface area contributed by atoms with Crippen molar-refractivity contribution >= 4 is 17.2 Å². The minimum Gasteiger partial charge on any atom is -0.382 e. The van der Waals surface area contributed by atoms with Gasteiger partial charge in [-0.25, -0.2) is 0 Å². The third-order valence-electron chi connectivity index (χ3n) is 2.98. The van der Waals surface area contributed by atoms with Crippen LogP contribution in [0.1, 0.15) is 38.3 Å². The van der Waals surface area contributed by atoms with Gasteiger partial charge in [-0.2, -0.15) is 5.10 Å². The lowest BCUT2D eigenvalue weighted by Gasteiger charge is -2.11. The number of thiophene rings is 1. The Hall–Kier alpha value is -1.29. The Labute approximate surface area is 99.7 Å². The normalized spacial score (nSPS) is 11.2. The average molecular weight is 235 g/mol. The van der Waals surface area contributed by atoms with E-state index in [1.165, 1.54) is 10.6 Å². The Morgan fingerprint density at radius 1 is 1.44 bits per heavy atom. The monoisotopic (exact) mass is 235 g/mol. The Kier molecular flexibility index (Phi) is 3.29. The van der Waals surface area contributed by atoms with Crippen molar-refractivity contribution in [1.29, 1.82) is 0 Å². The van der Waals surface area contributed by atoms with Gasteiger partial charge in [0.25, 0.3) is 0 Å². The topological polar surface area (TPSA) is 54.7 Å². The van der Waals surface area contributed by atoms with Crippen molar-refractivity contribution in [2.24, 2.45) is 0 Å². The number of nitrogens with two attached hydrogens (primary N) is 1. The lowest BCUT2D eigenvalue weighted by molar-refractivity contribution is 0.622. The van der Waals surface area contributed by atoms with Crippen molar-refractivity contribution in [1.82, 2.24) is 10.2 Å². The number of hydrogen-bond donors (Lipinski definition) is 2. The van der Waals surface area contributed by atoms with Gasteiger partial charge < -0.3 is 5.73 Å². The third-order valence-corrected chi connectivity index (χ3v) is 3.87. The van der Waals surface area contributed by atoms with Crippen LogP contribution >= 0.6 is 11.3 Å². The first-order chi connectivity index (χ1) is 7.77. The molecule has 3 N–H and O–H groups in total. The fraction of sp³-hybridized carbons (Fsp3) is 0.417. The quantitative estimate of drug-likeness (QED) is 0.850. The number of rotatable bonds is 4. The van der Waals surface area contributed by atoms with Gasteiger partial charge in [-0.15, -0.1) is 11.3 Å². The van der Waals surface area contributed by atoms with Crippen LogP contribution in [0, 0.1) is 0 Å². The number of nitrogens with zero attached hydrogens (tertiary/aromatic N) is 1. The molecule has 0 amide bonds. The second-order valence-corrected chi connectivity index (χ2v) is 4.84. The van der Waals surface area contributed by atoms with Crippen LogP contribution in [-0.2, 0) is 0 Å². The number of hydrogen-bond acceptors (Lipinski definition) is 3. The summed E-state index contributed by atoms with van der Waals surface area (Å²) in [5.74, 6) is 1.13. The maximum atomic E-state index is 5.94. The van der Waals surface area contributed by atoms with Gasteiger partial charge in [-0.05, 0) is 24.3 Å². The molecule has 2 aromatic rings. The number of nitrogen functional groups attached to an aromatic ring is 1. The summed E-state index contributed by atoms with van der Waals surface area (Å²) in [6, 6.07) is 4.14. The first-order valence-corrected chi connectivity index (χ1v) is 6.53. The molecule has 0 saturated carbocycles. The highest BCUT2D eigenvalue weighted by Crippen LogP contribution is 2.37. The second kappa shape index (κ2) is 4.70. The highest BCUT2D eigenvalue weighted by Gasteiger charge is 2.19. The Morgan fingerprint density at radius 3 is 2.75 bits per heavy atom. The second-order valence-electron chi connectivity index (χ2n) is 3.89. The highest BCUT2D eigenvalue weighted by molar-refractivity contribution is 7.13. The Bertz CT molecular complexity index is 441. The molecule has 2 heterocycles. The number of H-pyrrole nitrogens is 1. The van der Waals surface area contributed by atoms with Crippen LogP contribution in [0.5, 0.6) is 0 Å². The van der Waals surface area contributed by atoms with Gasteiger partial charge in [0.05, 0.1) is 5.56 Å². The van der Waals surface area contributed by atoms with Crippen molar-refractivity contribution in [2.75, 3.05) is 5.73 Å². The number of aromatic amines is 1. The molecule has 0 fully saturated rings. The van der Waals surface area contributed by atoms with Gasteiger partial charge in [0.1, 0.15) is 0 Å². The Morgan fingerprint density at radius 2 is 2.19 bits per heavy atom. The zero-order valence-corrected chi connectivity index (χ0v) is 10.5. The summed E-state index contributed by atoms with van der Waals surface area (Å²) in [6.45, 7) is 4.40. The molecule has 16 heavy (non-hydrogen) atoms. The molecule has 0 unspecified atom stereocenters. The predicted molar refractivity (Wildman–Crippen MR) is 69.6 cm³/mol. The van der Waals surface area contributed by atoms with E-state index in [9.17, 15) is 0 Å². The fourth-order valence-electron chi connectivity index (χ4n) is 2.04. The van der Waals surface area contributed by atoms with E-state index in [-0.39, 0.29) is 0 Å². The lowest BCUT2D eigenvalue weighted by atomic mass is 9.95. The summed E-state index contributed by atoms with van der Waals surface area (Å²) in [5, 5.41) is 9.31. The molecule has 2 rings (SSSR count). The zero-order valence-electron chi connectivity index (χ0n) is 9.66. The molecule has 4 heteroatoms. The van der Waals surface area contributed by atoms with E-state index >= 15 is 0 Å².